The van der Waals surface area contributed by atoms with E-state index in [0.717, 1.165) is 64.4 Å². The third-order valence-corrected chi connectivity index (χ3v) is 5.14. The summed E-state index contributed by atoms with van der Waals surface area (Å²) in [5.41, 5.74) is 2.55. The monoisotopic (exact) mass is 472 g/mol. The summed E-state index contributed by atoms with van der Waals surface area (Å²) >= 11 is 0. The van der Waals surface area contributed by atoms with Crippen LogP contribution in [0.3, 0.4) is 0 Å². The zero-order valence-corrected chi connectivity index (χ0v) is 18.4. The number of halogens is 1. The first-order chi connectivity index (χ1) is 12.3. The Bertz CT molecular complexity index is 549. The quantitative estimate of drug-likeness (QED) is 0.415. The number of aliphatic imine (C=N–C) groups is 1. The Labute approximate surface area is 175 Å². The SMILES string of the molecule is CCNC(=NCc1ccc(N2CCOCC2)cc1)N1CCC(C)CC1.I. The van der Waals surface area contributed by atoms with Gasteiger partial charge in [-0.3, -0.25) is 0 Å². The van der Waals surface area contributed by atoms with E-state index in [1.165, 1.54) is 24.1 Å². The molecule has 1 N–H and O–H groups in total. The molecular formula is C20H33IN4O. The van der Waals surface area contributed by atoms with Crippen LogP contribution in [0.25, 0.3) is 0 Å². The zero-order chi connectivity index (χ0) is 17.5. The predicted molar refractivity (Wildman–Crippen MR) is 120 cm³/mol. The van der Waals surface area contributed by atoms with Crippen LogP contribution in [-0.4, -0.2) is 56.8 Å². The lowest BCUT2D eigenvalue weighted by Gasteiger charge is -2.33. The zero-order valence-electron chi connectivity index (χ0n) is 16.1. The molecule has 5 nitrogen and oxygen atoms in total. The number of hydrogen-bond acceptors (Lipinski definition) is 3. The smallest absolute Gasteiger partial charge is 0.194 e. The number of hydrogen-bond donors (Lipinski definition) is 1. The van der Waals surface area contributed by atoms with E-state index in [0.29, 0.717) is 0 Å². The average molecular weight is 472 g/mol. The molecule has 2 aliphatic heterocycles. The number of nitrogens with zero attached hydrogens (tertiary/aromatic N) is 3. The Morgan fingerprint density at radius 1 is 1.12 bits per heavy atom. The van der Waals surface area contributed by atoms with E-state index in [9.17, 15) is 0 Å². The molecular weight excluding hydrogens is 439 g/mol. The number of nitrogens with one attached hydrogen (secondary N) is 1. The highest BCUT2D eigenvalue weighted by molar-refractivity contribution is 14.0. The summed E-state index contributed by atoms with van der Waals surface area (Å²) in [6, 6.07) is 8.84. The van der Waals surface area contributed by atoms with E-state index in [4.69, 9.17) is 9.73 Å². The molecule has 0 radical (unpaired) electrons. The second-order valence-corrected chi connectivity index (χ2v) is 7.11. The molecule has 0 unspecified atom stereocenters. The first-order valence-electron chi connectivity index (χ1n) is 9.71. The van der Waals surface area contributed by atoms with Crippen LogP contribution in [0.1, 0.15) is 32.3 Å². The summed E-state index contributed by atoms with van der Waals surface area (Å²) < 4.78 is 5.43. The van der Waals surface area contributed by atoms with Crippen molar-refractivity contribution in [3.63, 3.8) is 0 Å². The average Bonchev–Trinajstić information content (AvgIpc) is 2.67. The Morgan fingerprint density at radius 2 is 1.77 bits per heavy atom. The minimum absolute atomic E-state index is 0. The van der Waals surface area contributed by atoms with Gasteiger partial charge in [0.25, 0.3) is 0 Å². The summed E-state index contributed by atoms with van der Waals surface area (Å²) in [6.07, 6.45) is 2.53. The maximum absolute atomic E-state index is 5.43. The fraction of sp³-hybridized carbons (Fsp3) is 0.650. The third-order valence-electron chi connectivity index (χ3n) is 5.14. The maximum atomic E-state index is 5.43. The van der Waals surface area contributed by atoms with Crippen molar-refractivity contribution in [2.24, 2.45) is 10.9 Å². The fourth-order valence-electron chi connectivity index (χ4n) is 3.45. The van der Waals surface area contributed by atoms with Crippen LogP contribution in [-0.2, 0) is 11.3 Å². The topological polar surface area (TPSA) is 40.1 Å². The molecule has 2 aliphatic rings. The Kier molecular flexibility index (Phi) is 8.98. The van der Waals surface area contributed by atoms with Crippen molar-refractivity contribution in [3.8, 4) is 0 Å². The highest BCUT2D eigenvalue weighted by Crippen LogP contribution is 2.18. The van der Waals surface area contributed by atoms with Gasteiger partial charge in [-0.25, -0.2) is 4.99 Å². The van der Waals surface area contributed by atoms with Crippen molar-refractivity contribution < 1.29 is 4.74 Å². The van der Waals surface area contributed by atoms with Crippen LogP contribution in [0, 0.1) is 5.92 Å². The summed E-state index contributed by atoms with van der Waals surface area (Å²) in [5.74, 6) is 1.90. The standard InChI is InChI=1S/C20H32N4O.HI/c1-3-21-20(24-10-8-17(2)9-11-24)22-16-18-4-6-19(7-5-18)23-12-14-25-15-13-23;/h4-7,17H,3,8-16H2,1-2H3,(H,21,22);1H. The van der Waals surface area contributed by atoms with E-state index in [2.05, 4.69) is 53.2 Å². The van der Waals surface area contributed by atoms with E-state index in [1.54, 1.807) is 0 Å². The molecule has 2 fully saturated rings. The first-order valence-corrected chi connectivity index (χ1v) is 9.71. The lowest BCUT2D eigenvalue weighted by Crippen LogP contribution is -2.45. The molecule has 0 aromatic heterocycles. The number of piperidine rings is 1. The van der Waals surface area contributed by atoms with Crippen LogP contribution in [0.5, 0.6) is 0 Å². The van der Waals surface area contributed by atoms with Crippen molar-refractivity contribution in [2.75, 3.05) is 50.8 Å². The fourth-order valence-corrected chi connectivity index (χ4v) is 3.45. The van der Waals surface area contributed by atoms with Crippen LogP contribution in [0.4, 0.5) is 5.69 Å². The lowest BCUT2D eigenvalue weighted by molar-refractivity contribution is 0.122. The van der Waals surface area contributed by atoms with Gasteiger partial charge in [-0.05, 0) is 43.4 Å². The lowest BCUT2D eigenvalue weighted by atomic mass is 10.00. The number of benzene rings is 1. The van der Waals surface area contributed by atoms with Crippen molar-refractivity contribution in [2.45, 2.75) is 33.2 Å². The molecule has 2 saturated heterocycles. The number of likely N-dealkylation sites (tertiary alicyclic amines) is 1. The molecule has 0 saturated carbocycles. The second kappa shape index (κ2) is 11.0. The van der Waals surface area contributed by atoms with Gasteiger partial charge in [0.15, 0.2) is 5.96 Å². The van der Waals surface area contributed by atoms with Crippen molar-refractivity contribution in [3.05, 3.63) is 29.8 Å². The van der Waals surface area contributed by atoms with Gasteiger partial charge in [-0.2, -0.15) is 0 Å². The number of rotatable bonds is 4. The molecule has 2 heterocycles. The van der Waals surface area contributed by atoms with E-state index in [-0.39, 0.29) is 24.0 Å². The molecule has 0 amide bonds. The largest absolute Gasteiger partial charge is 0.378 e. The highest BCUT2D eigenvalue weighted by atomic mass is 127. The van der Waals surface area contributed by atoms with Gasteiger partial charge in [0.1, 0.15) is 0 Å². The van der Waals surface area contributed by atoms with Gasteiger partial charge in [-0.15, -0.1) is 24.0 Å². The molecule has 26 heavy (non-hydrogen) atoms. The van der Waals surface area contributed by atoms with Gasteiger partial charge in [-0.1, -0.05) is 19.1 Å². The van der Waals surface area contributed by atoms with Crippen molar-refractivity contribution in [1.29, 1.82) is 0 Å². The minimum atomic E-state index is 0. The maximum Gasteiger partial charge on any atom is 0.194 e. The molecule has 146 valence electrons. The molecule has 0 atom stereocenters. The molecule has 0 bridgehead atoms. The van der Waals surface area contributed by atoms with Gasteiger partial charge in [0.05, 0.1) is 19.8 Å². The normalized spacial score (nSPS) is 19.2. The van der Waals surface area contributed by atoms with E-state index < -0.39 is 0 Å². The van der Waals surface area contributed by atoms with E-state index in [1.807, 2.05) is 0 Å². The van der Waals surface area contributed by atoms with Crippen LogP contribution >= 0.6 is 24.0 Å². The second-order valence-electron chi connectivity index (χ2n) is 7.11. The Balaban J connectivity index is 0.00000243. The molecule has 0 aliphatic carbocycles. The van der Waals surface area contributed by atoms with Crippen LogP contribution in [0.2, 0.25) is 0 Å². The van der Waals surface area contributed by atoms with E-state index >= 15 is 0 Å². The number of anilines is 1. The van der Waals surface area contributed by atoms with Gasteiger partial charge in [0.2, 0.25) is 0 Å². The van der Waals surface area contributed by atoms with Crippen LogP contribution in [0.15, 0.2) is 29.3 Å². The summed E-state index contributed by atoms with van der Waals surface area (Å²) in [6.45, 7) is 12.0. The summed E-state index contributed by atoms with van der Waals surface area (Å²) in [4.78, 5) is 9.67. The Morgan fingerprint density at radius 3 is 2.38 bits per heavy atom. The molecule has 0 spiro atoms. The molecule has 6 heteroatoms. The summed E-state index contributed by atoms with van der Waals surface area (Å²) in [7, 11) is 0. The summed E-state index contributed by atoms with van der Waals surface area (Å²) in [5, 5.41) is 3.45. The highest BCUT2D eigenvalue weighted by Gasteiger charge is 2.18. The minimum Gasteiger partial charge on any atom is -0.378 e. The third kappa shape index (κ3) is 6.01. The van der Waals surface area contributed by atoms with Gasteiger partial charge >= 0.3 is 0 Å². The van der Waals surface area contributed by atoms with Gasteiger partial charge < -0.3 is 19.9 Å². The number of morpholine rings is 1. The van der Waals surface area contributed by atoms with Crippen molar-refractivity contribution in [1.82, 2.24) is 10.2 Å². The van der Waals surface area contributed by atoms with Gasteiger partial charge in [0, 0.05) is 38.4 Å². The van der Waals surface area contributed by atoms with Crippen LogP contribution < -0.4 is 10.2 Å². The molecule has 1 aromatic carbocycles. The predicted octanol–water partition coefficient (Wildman–Crippen LogP) is 3.34. The Hall–Kier alpha value is -1.02. The first kappa shape index (κ1) is 21.3. The van der Waals surface area contributed by atoms with Crippen molar-refractivity contribution >= 4 is 35.6 Å². The molecule has 1 aromatic rings. The number of ether oxygens (including phenoxy) is 1. The molecule has 3 rings (SSSR count). The number of guanidine groups is 1.